The van der Waals surface area contributed by atoms with Gasteiger partial charge in [0, 0.05) is 6.20 Å². The number of nitrogens with zero attached hydrogens (tertiary/aromatic N) is 2. The van der Waals surface area contributed by atoms with Crippen molar-refractivity contribution in [1.82, 2.24) is 0 Å². The molecule has 0 radical (unpaired) electrons. The molecule has 0 aromatic heterocycles. The van der Waals surface area contributed by atoms with Crippen molar-refractivity contribution in [2.24, 2.45) is 16.1 Å². The van der Waals surface area contributed by atoms with E-state index in [1.54, 1.807) is 6.08 Å². The summed E-state index contributed by atoms with van der Waals surface area (Å²) in [5.74, 6) is -1.40. The Bertz CT molecular complexity index is 378. The predicted molar refractivity (Wildman–Crippen MR) is 50.5 cm³/mol. The van der Waals surface area contributed by atoms with E-state index >= 15 is 0 Å². The maximum atomic E-state index is 11.0. The van der Waals surface area contributed by atoms with E-state index in [0.717, 1.165) is 18.4 Å². The predicted octanol–water partition coefficient (Wildman–Crippen LogP) is 2.27. The van der Waals surface area contributed by atoms with E-state index < -0.39 is 11.9 Å². The van der Waals surface area contributed by atoms with E-state index in [1.807, 2.05) is 12.2 Å². The van der Waals surface area contributed by atoms with Gasteiger partial charge >= 0.3 is 5.97 Å². The van der Waals surface area contributed by atoms with Crippen LogP contribution >= 0.6 is 0 Å². The van der Waals surface area contributed by atoms with Crippen molar-refractivity contribution in [2.75, 3.05) is 0 Å². The summed E-state index contributed by atoms with van der Waals surface area (Å²) < 4.78 is 0. The molecule has 1 N–H and O–H groups in total. The molecule has 1 heterocycles. The summed E-state index contributed by atoms with van der Waals surface area (Å²) >= 11 is 0. The second-order valence-electron chi connectivity index (χ2n) is 3.22. The Kier molecular flexibility index (Phi) is 2.26. The highest BCUT2D eigenvalue weighted by molar-refractivity contribution is 5.76. The number of carbonyl (C=O) groups is 1. The van der Waals surface area contributed by atoms with Crippen molar-refractivity contribution in [3.8, 4) is 0 Å². The zero-order valence-corrected chi connectivity index (χ0v) is 7.55. The van der Waals surface area contributed by atoms with E-state index in [0.29, 0.717) is 5.70 Å². The highest BCUT2D eigenvalue weighted by Gasteiger charge is 2.24. The summed E-state index contributed by atoms with van der Waals surface area (Å²) in [5.41, 5.74) is 1.56. The molecule has 4 heteroatoms. The van der Waals surface area contributed by atoms with Crippen molar-refractivity contribution in [1.29, 1.82) is 0 Å². The maximum Gasteiger partial charge on any atom is 0.314 e. The molecule has 1 atom stereocenters. The fraction of sp³-hybridized carbons (Fsp3) is 0.300. The second kappa shape index (κ2) is 3.57. The quantitative estimate of drug-likeness (QED) is 0.689. The Hall–Kier alpha value is -1.71. The van der Waals surface area contributed by atoms with Gasteiger partial charge in [0.15, 0.2) is 0 Å². The van der Waals surface area contributed by atoms with Crippen LogP contribution in [0.1, 0.15) is 12.8 Å². The molecule has 0 saturated heterocycles. The minimum Gasteiger partial charge on any atom is -0.481 e. The molecule has 72 valence electrons. The lowest BCUT2D eigenvalue weighted by atomic mass is 9.90. The number of carboxylic acids is 1. The first-order chi connectivity index (χ1) is 6.79. The molecule has 0 aromatic rings. The summed E-state index contributed by atoms with van der Waals surface area (Å²) in [6.07, 6.45) is 8.49. The summed E-state index contributed by atoms with van der Waals surface area (Å²) in [7, 11) is 0. The fourth-order valence-electron chi connectivity index (χ4n) is 1.65. The van der Waals surface area contributed by atoms with Crippen LogP contribution in [0.2, 0.25) is 0 Å². The summed E-state index contributed by atoms with van der Waals surface area (Å²) in [4.78, 5) is 11.0. The lowest BCUT2D eigenvalue weighted by Crippen LogP contribution is -2.15. The number of carboxylic acid groups (broad SMARTS) is 1. The van der Waals surface area contributed by atoms with Gasteiger partial charge in [-0.1, -0.05) is 6.08 Å². The van der Waals surface area contributed by atoms with Gasteiger partial charge in [0.1, 0.15) is 0 Å². The lowest BCUT2D eigenvalue weighted by Gasteiger charge is -2.15. The molecule has 0 fully saturated rings. The van der Waals surface area contributed by atoms with E-state index in [2.05, 4.69) is 10.2 Å². The van der Waals surface area contributed by atoms with Gasteiger partial charge in [-0.05, 0) is 30.6 Å². The Morgan fingerprint density at radius 1 is 1.57 bits per heavy atom. The normalized spacial score (nSPS) is 24.7. The SMILES string of the molecule is O=C(O)C1C=CN=NC2=C1CCC=C2. The molecule has 2 aliphatic rings. The minimum atomic E-state index is -0.837. The summed E-state index contributed by atoms with van der Waals surface area (Å²) in [6.45, 7) is 0. The molecule has 0 aromatic carbocycles. The van der Waals surface area contributed by atoms with Gasteiger partial charge < -0.3 is 5.11 Å². The molecule has 4 nitrogen and oxygen atoms in total. The van der Waals surface area contributed by atoms with Gasteiger partial charge in [-0.2, -0.15) is 10.2 Å². The van der Waals surface area contributed by atoms with Gasteiger partial charge in [0.2, 0.25) is 0 Å². The average Bonchev–Trinajstić information content (AvgIpc) is 2.39. The molecule has 14 heavy (non-hydrogen) atoms. The Balaban J connectivity index is 2.43. The molecule has 1 aliphatic heterocycles. The van der Waals surface area contributed by atoms with Crippen molar-refractivity contribution in [3.05, 3.63) is 35.7 Å². The summed E-state index contributed by atoms with van der Waals surface area (Å²) in [6, 6.07) is 0. The van der Waals surface area contributed by atoms with Crippen LogP contribution in [0.5, 0.6) is 0 Å². The topological polar surface area (TPSA) is 62.0 Å². The van der Waals surface area contributed by atoms with Gasteiger partial charge in [-0.3, -0.25) is 4.79 Å². The monoisotopic (exact) mass is 190 g/mol. The van der Waals surface area contributed by atoms with E-state index in [9.17, 15) is 4.79 Å². The maximum absolute atomic E-state index is 11.0. The Morgan fingerprint density at radius 3 is 3.21 bits per heavy atom. The lowest BCUT2D eigenvalue weighted by molar-refractivity contribution is -0.139. The number of allylic oxidation sites excluding steroid dienone is 2. The van der Waals surface area contributed by atoms with E-state index in [4.69, 9.17) is 5.11 Å². The van der Waals surface area contributed by atoms with Crippen LogP contribution < -0.4 is 0 Å². The van der Waals surface area contributed by atoms with Crippen LogP contribution in [0.3, 0.4) is 0 Å². The first-order valence-electron chi connectivity index (χ1n) is 4.49. The van der Waals surface area contributed by atoms with Crippen LogP contribution in [0.25, 0.3) is 0 Å². The molecular weight excluding hydrogens is 180 g/mol. The number of aliphatic carboxylic acids is 1. The van der Waals surface area contributed by atoms with Gasteiger partial charge in [0.05, 0.1) is 11.6 Å². The molecule has 0 saturated carbocycles. The van der Waals surface area contributed by atoms with E-state index in [-0.39, 0.29) is 0 Å². The van der Waals surface area contributed by atoms with Crippen molar-refractivity contribution < 1.29 is 9.90 Å². The third kappa shape index (κ3) is 1.51. The Morgan fingerprint density at radius 2 is 2.43 bits per heavy atom. The van der Waals surface area contributed by atoms with Crippen LogP contribution in [0, 0.1) is 5.92 Å². The molecule has 1 aliphatic carbocycles. The first-order valence-corrected chi connectivity index (χ1v) is 4.49. The van der Waals surface area contributed by atoms with Crippen LogP contribution in [-0.2, 0) is 4.79 Å². The fourth-order valence-corrected chi connectivity index (χ4v) is 1.65. The zero-order valence-electron chi connectivity index (χ0n) is 7.55. The highest BCUT2D eigenvalue weighted by atomic mass is 16.4. The summed E-state index contributed by atoms with van der Waals surface area (Å²) in [5, 5.41) is 16.7. The van der Waals surface area contributed by atoms with Crippen LogP contribution in [0.15, 0.2) is 45.9 Å². The third-order valence-electron chi connectivity index (χ3n) is 2.34. The Labute approximate surface area is 81.3 Å². The van der Waals surface area contributed by atoms with Crippen molar-refractivity contribution in [2.45, 2.75) is 12.8 Å². The average molecular weight is 190 g/mol. The van der Waals surface area contributed by atoms with Gasteiger partial charge in [-0.25, -0.2) is 0 Å². The van der Waals surface area contributed by atoms with Crippen LogP contribution in [-0.4, -0.2) is 11.1 Å². The third-order valence-corrected chi connectivity index (χ3v) is 2.34. The van der Waals surface area contributed by atoms with Gasteiger partial charge in [0.25, 0.3) is 0 Å². The number of hydrogen-bond acceptors (Lipinski definition) is 3. The molecule has 0 spiro atoms. The van der Waals surface area contributed by atoms with Crippen molar-refractivity contribution >= 4 is 5.97 Å². The molecule has 2 rings (SSSR count). The molecule has 0 bridgehead atoms. The molecule has 0 amide bonds. The van der Waals surface area contributed by atoms with Crippen LogP contribution in [0.4, 0.5) is 0 Å². The number of rotatable bonds is 1. The highest BCUT2D eigenvalue weighted by Crippen LogP contribution is 2.29. The minimum absolute atomic E-state index is 0.565. The zero-order chi connectivity index (χ0) is 9.97. The standard InChI is InChI=1S/C10H10N2O2/c13-10(14)8-5-6-11-12-9-4-2-1-3-7(8)9/h2,4-6,8H,1,3H2,(H,13,14). The smallest absolute Gasteiger partial charge is 0.314 e. The number of hydrogen-bond donors (Lipinski definition) is 1. The van der Waals surface area contributed by atoms with E-state index in [1.165, 1.54) is 6.20 Å². The number of azo groups is 1. The second-order valence-corrected chi connectivity index (χ2v) is 3.22. The van der Waals surface area contributed by atoms with Crippen molar-refractivity contribution in [3.63, 3.8) is 0 Å². The first kappa shape index (κ1) is 8.87. The molecular formula is C10H10N2O2. The molecule has 1 unspecified atom stereocenters. The van der Waals surface area contributed by atoms with Gasteiger partial charge in [-0.15, -0.1) is 0 Å². The largest absolute Gasteiger partial charge is 0.481 e.